The molecule has 2 aromatic carbocycles. The van der Waals surface area contributed by atoms with E-state index >= 15 is 0 Å². The zero-order valence-corrected chi connectivity index (χ0v) is 22.6. The number of aliphatic hydroxyl groups is 1. The highest BCUT2D eigenvalue weighted by Crippen LogP contribution is 2.31. The lowest BCUT2D eigenvalue weighted by Gasteiger charge is -2.35. The summed E-state index contributed by atoms with van der Waals surface area (Å²) in [5, 5.41) is 18.8. The van der Waals surface area contributed by atoms with Gasteiger partial charge in [0.05, 0.1) is 26.5 Å². The molecule has 2 N–H and O–H groups in total. The second-order valence-corrected chi connectivity index (χ2v) is 10.9. The van der Waals surface area contributed by atoms with E-state index in [1.165, 1.54) is 12.1 Å². The molecule has 11 heteroatoms. The summed E-state index contributed by atoms with van der Waals surface area (Å²) in [6.45, 7) is 7.08. The number of nitrogens with zero attached hydrogens (tertiary/aromatic N) is 4. The Labute approximate surface area is 229 Å². The largest absolute Gasteiger partial charge is 0.491 e. The van der Waals surface area contributed by atoms with Crippen LogP contribution in [0, 0.1) is 0 Å². The fourth-order valence-corrected chi connectivity index (χ4v) is 5.68. The molecule has 208 valence electrons. The van der Waals surface area contributed by atoms with Crippen molar-refractivity contribution in [3.63, 3.8) is 0 Å². The molecule has 0 unspecified atom stereocenters. The standard InChI is InChI=1S/C28H32F3N5O2S/c1-2-27-33-25-15-22(7-8-26(25)39-27)38-18-21(37)17-36-13-11-35(12-14-36)10-9-24-23(16-32-34-24)19-3-5-20(6-4-19)28(29,30)31/h3-8,15-16,21,37H,2,9-14,17-18H2,1H3,(H,32,34)/t21-/m0/s1. The van der Waals surface area contributed by atoms with Gasteiger partial charge in [-0.15, -0.1) is 11.3 Å². The minimum atomic E-state index is -4.35. The highest BCUT2D eigenvalue weighted by Gasteiger charge is 2.30. The Morgan fingerprint density at radius 3 is 2.54 bits per heavy atom. The third kappa shape index (κ3) is 6.96. The van der Waals surface area contributed by atoms with Crippen molar-refractivity contribution in [1.29, 1.82) is 0 Å². The van der Waals surface area contributed by atoms with Gasteiger partial charge in [0.2, 0.25) is 0 Å². The lowest BCUT2D eigenvalue weighted by molar-refractivity contribution is -0.137. The predicted molar refractivity (Wildman–Crippen MR) is 146 cm³/mol. The van der Waals surface area contributed by atoms with Crippen LogP contribution in [0.15, 0.2) is 48.7 Å². The zero-order valence-electron chi connectivity index (χ0n) is 21.7. The highest BCUT2D eigenvalue weighted by atomic mass is 32.1. The maximum absolute atomic E-state index is 12.9. The normalized spacial score (nSPS) is 16.1. The number of halogens is 3. The van der Waals surface area contributed by atoms with Crippen molar-refractivity contribution in [2.24, 2.45) is 0 Å². The van der Waals surface area contributed by atoms with Crippen LogP contribution >= 0.6 is 11.3 Å². The van der Waals surface area contributed by atoms with Crippen LogP contribution in [0.2, 0.25) is 0 Å². The molecule has 3 heterocycles. The van der Waals surface area contributed by atoms with Gasteiger partial charge in [-0.3, -0.25) is 10.00 Å². The van der Waals surface area contributed by atoms with Gasteiger partial charge in [-0.25, -0.2) is 4.98 Å². The number of rotatable bonds is 10. The van der Waals surface area contributed by atoms with Gasteiger partial charge >= 0.3 is 6.18 Å². The van der Waals surface area contributed by atoms with Crippen molar-refractivity contribution >= 4 is 21.6 Å². The lowest BCUT2D eigenvalue weighted by atomic mass is 10.0. The monoisotopic (exact) mass is 559 g/mol. The molecular weight excluding hydrogens is 527 g/mol. The number of benzene rings is 2. The molecule has 1 aliphatic heterocycles. The van der Waals surface area contributed by atoms with E-state index in [0.29, 0.717) is 24.3 Å². The van der Waals surface area contributed by atoms with Gasteiger partial charge in [-0.05, 0) is 36.2 Å². The smallest absolute Gasteiger partial charge is 0.416 e. The number of aromatic nitrogens is 3. The van der Waals surface area contributed by atoms with Gasteiger partial charge in [-0.2, -0.15) is 18.3 Å². The van der Waals surface area contributed by atoms with Gasteiger partial charge in [0.25, 0.3) is 0 Å². The average molecular weight is 560 g/mol. The molecule has 39 heavy (non-hydrogen) atoms. The summed E-state index contributed by atoms with van der Waals surface area (Å²) in [7, 11) is 0. The number of H-pyrrole nitrogens is 1. The summed E-state index contributed by atoms with van der Waals surface area (Å²) < 4.78 is 45.6. The van der Waals surface area contributed by atoms with Crippen LogP contribution in [-0.2, 0) is 19.0 Å². The van der Waals surface area contributed by atoms with Crippen LogP contribution in [0.25, 0.3) is 21.3 Å². The van der Waals surface area contributed by atoms with Gasteiger partial charge in [0.1, 0.15) is 18.5 Å². The first kappa shape index (κ1) is 27.6. The maximum atomic E-state index is 12.9. The molecule has 1 saturated heterocycles. The number of aryl methyl sites for hydroxylation is 1. The Balaban J connectivity index is 1.05. The van der Waals surface area contributed by atoms with Gasteiger partial charge in [0, 0.05) is 63.5 Å². The van der Waals surface area contributed by atoms with Gasteiger partial charge in [-0.1, -0.05) is 19.1 Å². The molecule has 1 atom stereocenters. The van der Waals surface area contributed by atoms with Crippen molar-refractivity contribution in [3.05, 3.63) is 64.9 Å². The van der Waals surface area contributed by atoms with Gasteiger partial charge in [0.15, 0.2) is 0 Å². The van der Waals surface area contributed by atoms with Crippen LogP contribution in [0.5, 0.6) is 5.75 Å². The van der Waals surface area contributed by atoms with E-state index in [2.05, 4.69) is 31.9 Å². The minimum Gasteiger partial charge on any atom is -0.491 e. The average Bonchev–Trinajstić information content (AvgIpc) is 3.57. The zero-order chi connectivity index (χ0) is 27.4. The van der Waals surface area contributed by atoms with E-state index < -0.39 is 17.8 Å². The first-order valence-corrected chi connectivity index (χ1v) is 14.0. The number of nitrogens with one attached hydrogen (secondary N) is 1. The number of alkyl halides is 3. The summed E-state index contributed by atoms with van der Waals surface area (Å²) in [5.74, 6) is 0.716. The Bertz CT molecular complexity index is 1360. The lowest BCUT2D eigenvalue weighted by Crippen LogP contribution is -2.49. The third-order valence-electron chi connectivity index (χ3n) is 6.99. The Morgan fingerprint density at radius 1 is 1.08 bits per heavy atom. The van der Waals surface area contributed by atoms with E-state index in [1.807, 2.05) is 18.2 Å². The summed E-state index contributed by atoms with van der Waals surface area (Å²) in [6.07, 6.45) is -1.60. The number of hydrogen-bond acceptors (Lipinski definition) is 7. The molecule has 1 aliphatic rings. The molecule has 1 fully saturated rings. The van der Waals surface area contributed by atoms with Crippen molar-refractivity contribution < 1.29 is 23.0 Å². The second-order valence-electron chi connectivity index (χ2n) is 9.77. The number of aliphatic hydroxyl groups excluding tert-OH is 1. The maximum Gasteiger partial charge on any atom is 0.416 e. The number of hydrogen-bond donors (Lipinski definition) is 2. The molecule has 7 nitrogen and oxygen atoms in total. The fourth-order valence-electron chi connectivity index (χ4n) is 4.80. The molecule has 0 saturated carbocycles. The first-order chi connectivity index (χ1) is 18.8. The van der Waals surface area contributed by atoms with E-state index in [0.717, 1.165) is 77.8 Å². The van der Waals surface area contributed by atoms with Crippen molar-refractivity contribution in [3.8, 4) is 16.9 Å². The Kier molecular flexibility index (Phi) is 8.51. The summed E-state index contributed by atoms with van der Waals surface area (Å²) in [6, 6.07) is 11.1. The quantitative estimate of drug-likeness (QED) is 0.289. The number of ether oxygens (including phenoxy) is 1. The molecule has 4 aromatic rings. The Hall–Kier alpha value is -2.99. The number of fused-ring (bicyclic) bond motifs is 1. The number of aromatic amines is 1. The molecule has 0 aliphatic carbocycles. The van der Waals surface area contributed by atoms with Gasteiger partial charge < -0.3 is 14.7 Å². The summed E-state index contributed by atoms with van der Waals surface area (Å²) in [4.78, 5) is 9.19. The number of thiazole rings is 1. The van der Waals surface area contributed by atoms with Crippen LogP contribution in [0.3, 0.4) is 0 Å². The first-order valence-electron chi connectivity index (χ1n) is 13.1. The van der Waals surface area contributed by atoms with E-state index in [4.69, 9.17) is 4.74 Å². The minimum absolute atomic E-state index is 0.225. The van der Waals surface area contributed by atoms with E-state index in [-0.39, 0.29) is 6.61 Å². The topological polar surface area (TPSA) is 77.5 Å². The number of β-amino-alcohol motifs (C(OH)–C–C–N with tert-alkyl or cyclic N) is 1. The van der Waals surface area contributed by atoms with Crippen LogP contribution < -0.4 is 4.74 Å². The van der Waals surface area contributed by atoms with Crippen molar-refractivity contribution in [1.82, 2.24) is 25.0 Å². The van der Waals surface area contributed by atoms with Crippen molar-refractivity contribution in [2.75, 3.05) is 45.9 Å². The predicted octanol–water partition coefficient (Wildman–Crippen LogP) is 4.87. The molecule has 5 rings (SSSR count). The molecule has 0 radical (unpaired) electrons. The van der Waals surface area contributed by atoms with Crippen LogP contribution in [0.1, 0.15) is 23.2 Å². The molecule has 2 aromatic heterocycles. The summed E-state index contributed by atoms with van der Waals surface area (Å²) >= 11 is 1.69. The highest BCUT2D eigenvalue weighted by molar-refractivity contribution is 7.18. The van der Waals surface area contributed by atoms with E-state index in [1.54, 1.807) is 17.5 Å². The molecule has 0 spiro atoms. The number of piperazine rings is 1. The Morgan fingerprint density at radius 2 is 1.82 bits per heavy atom. The molecular formula is C28H32F3N5O2S. The van der Waals surface area contributed by atoms with Crippen LogP contribution in [0.4, 0.5) is 13.2 Å². The molecule has 0 amide bonds. The van der Waals surface area contributed by atoms with E-state index in [9.17, 15) is 18.3 Å². The third-order valence-corrected chi connectivity index (χ3v) is 8.17. The van der Waals surface area contributed by atoms with Crippen molar-refractivity contribution in [2.45, 2.75) is 32.0 Å². The SMILES string of the molecule is CCc1nc2cc(OC[C@@H](O)CN3CCN(CCc4n[nH]cc4-c4ccc(C(F)(F)F)cc4)CC3)ccc2s1. The summed E-state index contributed by atoms with van der Waals surface area (Å²) in [5.41, 5.74) is 2.65. The molecule has 0 bridgehead atoms. The van der Waals surface area contributed by atoms with Crippen LogP contribution in [-0.4, -0.2) is 82.1 Å². The fraction of sp³-hybridized carbons (Fsp3) is 0.429. The second kappa shape index (κ2) is 12.0.